The molecule has 0 aliphatic heterocycles. The van der Waals surface area contributed by atoms with Crippen LogP contribution in [-0.2, 0) is 24.8 Å². The second-order valence-corrected chi connectivity index (χ2v) is 5.99. The zero-order chi connectivity index (χ0) is 17.1. The van der Waals surface area contributed by atoms with Crippen LogP contribution in [0.15, 0.2) is 10.9 Å². The third-order valence-corrected chi connectivity index (χ3v) is 4.22. The molecule has 2 aromatic heterocycles. The highest BCUT2D eigenvalue weighted by atomic mass is 16.1. The van der Waals surface area contributed by atoms with Crippen LogP contribution in [0.25, 0.3) is 0 Å². The summed E-state index contributed by atoms with van der Waals surface area (Å²) in [5.74, 6) is -0.0629. The van der Waals surface area contributed by atoms with E-state index in [0.717, 1.165) is 28.2 Å². The van der Waals surface area contributed by atoms with Gasteiger partial charge in [-0.05, 0) is 51.3 Å². The monoisotopic (exact) mass is 316 g/mol. The van der Waals surface area contributed by atoms with Gasteiger partial charge in [0.05, 0.1) is 5.69 Å². The number of carbonyl (C=O) groups is 1. The number of nitrogens with zero attached hydrogens (tertiary/aromatic N) is 2. The molecule has 0 atom stereocenters. The largest absolute Gasteiger partial charge is 0.352 e. The van der Waals surface area contributed by atoms with Gasteiger partial charge in [-0.2, -0.15) is 5.10 Å². The molecule has 0 aromatic carbocycles. The van der Waals surface area contributed by atoms with Crippen LogP contribution in [-0.4, -0.2) is 20.7 Å². The van der Waals surface area contributed by atoms with Crippen molar-refractivity contribution >= 4 is 5.91 Å². The first-order chi connectivity index (χ1) is 10.8. The molecular weight excluding hydrogens is 292 g/mol. The first kappa shape index (κ1) is 17.0. The van der Waals surface area contributed by atoms with E-state index in [1.54, 1.807) is 0 Å². The van der Waals surface area contributed by atoms with Gasteiger partial charge in [0, 0.05) is 37.0 Å². The number of nitrogens with one attached hydrogen (secondary N) is 2. The van der Waals surface area contributed by atoms with Gasteiger partial charge in [-0.1, -0.05) is 0 Å². The van der Waals surface area contributed by atoms with Crippen molar-refractivity contribution < 1.29 is 4.79 Å². The average Bonchev–Trinajstić information content (AvgIpc) is 2.69. The molecular formula is C17H24N4O2. The smallest absolute Gasteiger partial charge is 0.253 e. The highest BCUT2D eigenvalue weighted by Crippen LogP contribution is 2.14. The number of hydrogen-bond acceptors (Lipinski definition) is 3. The Labute approximate surface area is 135 Å². The molecule has 2 N–H and O–H groups in total. The summed E-state index contributed by atoms with van der Waals surface area (Å²) in [6, 6.07) is 1.91. The number of pyridine rings is 1. The van der Waals surface area contributed by atoms with Crippen molar-refractivity contribution in [3.63, 3.8) is 0 Å². The number of aromatic amines is 1. The molecule has 0 aliphatic rings. The summed E-state index contributed by atoms with van der Waals surface area (Å²) in [5, 5.41) is 7.18. The summed E-state index contributed by atoms with van der Waals surface area (Å²) in [4.78, 5) is 26.7. The van der Waals surface area contributed by atoms with Crippen molar-refractivity contribution in [3.05, 3.63) is 50.2 Å². The summed E-state index contributed by atoms with van der Waals surface area (Å²) >= 11 is 0. The standard InChI is InChI=1S/C17H24N4O2/c1-10-8-11(2)19-17(23)15(10)9-18-16(22)7-6-14-12(3)20-21(5)13(14)4/h8H,6-7,9H2,1-5H3,(H,18,22)(H,19,23). The van der Waals surface area contributed by atoms with E-state index in [1.165, 1.54) is 0 Å². The molecule has 0 saturated carbocycles. The van der Waals surface area contributed by atoms with Gasteiger partial charge >= 0.3 is 0 Å². The number of hydrogen-bond donors (Lipinski definition) is 2. The van der Waals surface area contributed by atoms with Crippen molar-refractivity contribution in [3.8, 4) is 0 Å². The molecule has 23 heavy (non-hydrogen) atoms. The lowest BCUT2D eigenvalue weighted by molar-refractivity contribution is -0.121. The van der Waals surface area contributed by atoms with Crippen LogP contribution in [0.1, 0.15) is 40.2 Å². The van der Waals surface area contributed by atoms with Crippen LogP contribution in [0, 0.1) is 27.7 Å². The van der Waals surface area contributed by atoms with E-state index in [0.29, 0.717) is 18.4 Å². The summed E-state index contributed by atoms with van der Waals surface area (Å²) in [6.07, 6.45) is 1.04. The second-order valence-electron chi connectivity index (χ2n) is 5.99. The van der Waals surface area contributed by atoms with E-state index in [2.05, 4.69) is 15.4 Å². The molecule has 0 unspecified atom stereocenters. The zero-order valence-corrected chi connectivity index (χ0v) is 14.4. The number of H-pyrrole nitrogens is 1. The Morgan fingerprint density at radius 3 is 2.52 bits per heavy atom. The van der Waals surface area contributed by atoms with Gasteiger partial charge < -0.3 is 10.3 Å². The highest BCUT2D eigenvalue weighted by molar-refractivity contribution is 5.76. The summed E-state index contributed by atoms with van der Waals surface area (Å²) < 4.78 is 1.83. The topological polar surface area (TPSA) is 79.8 Å². The summed E-state index contributed by atoms with van der Waals surface area (Å²) in [7, 11) is 1.90. The number of carbonyl (C=O) groups excluding carboxylic acids is 1. The zero-order valence-electron chi connectivity index (χ0n) is 14.4. The molecule has 2 aromatic rings. The van der Waals surface area contributed by atoms with Gasteiger partial charge in [0.25, 0.3) is 5.56 Å². The molecule has 124 valence electrons. The first-order valence-corrected chi connectivity index (χ1v) is 7.74. The van der Waals surface area contributed by atoms with E-state index in [9.17, 15) is 9.59 Å². The van der Waals surface area contributed by atoms with Crippen LogP contribution in [0.4, 0.5) is 0 Å². The second kappa shape index (κ2) is 6.81. The third kappa shape index (κ3) is 3.88. The number of aromatic nitrogens is 3. The minimum atomic E-state index is -0.137. The first-order valence-electron chi connectivity index (χ1n) is 7.74. The van der Waals surface area contributed by atoms with E-state index in [-0.39, 0.29) is 18.0 Å². The molecule has 6 nitrogen and oxygen atoms in total. The molecule has 2 rings (SSSR count). The van der Waals surface area contributed by atoms with Gasteiger partial charge in [-0.3, -0.25) is 14.3 Å². The van der Waals surface area contributed by atoms with Crippen molar-refractivity contribution in [1.82, 2.24) is 20.1 Å². The van der Waals surface area contributed by atoms with Gasteiger partial charge in [-0.25, -0.2) is 0 Å². The Morgan fingerprint density at radius 1 is 1.26 bits per heavy atom. The van der Waals surface area contributed by atoms with E-state index in [1.807, 2.05) is 45.5 Å². The number of rotatable bonds is 5. The van der Waals surface area contributed by atoms with Gasteiger partial charge in [0.15, 0.2) is 0 Å². The number of aryl methyl sites for hydroxylation is 4. The highest BCUT2D eigenvalue weighted by Gasteiger charge is 2.12. The average molecular weight is 316 g/mol. The lowest BCUT2D eigenvalue weighted by Gasteiger charge is -2.08. The summed E-state index contributed by atoms with van der Waals surface area (Å²) in [6.45, 7) is 7.94. The van der Waals surface area contributed by atoms with Crippen molar-refractivity contribution in [2.75, 3.05) is 0 Å². The van der Waals surface area contributed by atoms with Crippen LogP contribution in [0.5, 0.6) is 0 Å². The predicted molar refractivity (Wildman–Crippen MR) is 89.4 cm³/mol. The minimum Gasteiger partial charge on any atom is -0.352 e. The van der Waals surface area contributed by atoms with Crippen molar-refractivity contribution in [2.24, 2.45) is 7.05 Å². The molecule has 2 heterocycles. The minimum absolute atomic E-state index is 0.0629. The van der Waals surface area contributed by atoms with Gasteiger partial charge in [0.1, 0.15) is 0 Å². The van der Waals surface area contributed by atoms with E-state index >= 15 is 0 Å². The van der Waals surface area contributed by atoms with Gasteiger partial charge in [-0.15, -0.1) is 0 Å². The fraction of sp³-hybridized carbons (Fsp3) is 0.471. The quantitative estimate of drug-likeness (QED) is 0.879. The molecule has 0 bridgehead atoms. The number of amides is 1. The van der Waals surface area contributed by atoms with Crippen LogP contribution in [0.2, 0.25) is 0 Å². The Balaban J connectivity index is 1.95. The molecule has 0 spiro atoms. The van der Waals surface area contributed by atoms with Crippen LogP contribution in [0.3, 0.4) is 0 Å². The van der Waals surface area contributed by atoms with Crippen LogP contribution < -0.4 is 10.9 Å². The predicted octanol–water partition coefficient (Wildman–Crippen LogP) is 1.59. The fourth-order valence-corrected chi connectivity index (χ4v) is 2.79. The maximum atomic E-state index is 12.1. The molecule has 6 heteroatoms. The molecule has 0 saturated heterocycles. The Hall–Kier alpha value is -2.37. The summed E-state index contributed by atoms with van der Waals surface area (Å²) in [5.41, 5.74) is 5.35. The fourth-order valence-electron chi connectivity index (χ4n) is 2.79. The normalized spacial score (nSPS) is 10.8. The van der Waals surface area contributed by atoms with Crippen molar-refractivity contribution in [1.29, 1.82) is 0 Å². The molecule has 0 fully saturated rings. The molecule has 1 amide bonds. The SMILES string of the molecule is Cc1cc(C)c(CNC(=O)CCc2c(C)nn(C)c2C)c(=O)[nH]1. The lowest BCUT2D eigenvalue weighted by atomic mass is 10.1. The third-order valence-electron chi connectivity index (χ3n) is 4.22. The Bertz CT molecular complexity index is 787. The van der Waals surface area contributed by atoms with Gasteiger partial charge in [0.2, 0.25) is 5.91 Å². The Kier molecular flexibility index (Phi) is 5.03. The van der Waals surface area contributed by atoms with E-state index in [4.69, 9.17) is 0 Å². The maximum Gasteiger partial charge on any atom is 0.253 e. The molecule has 0 aliphatic carbocycles. The van der Waals surface area contributed by atoms with E-state index < -0.39 is 0 Å². The van der Waals surface area contributed by atoms with Crippen molar-refractivity contribution in [2.45, 2.75) is 47.1 Å². The molecule has 0 radical (unpaired) electrons. The lowest BCUT2D eigenvalue weighted by Crippen LogP contribution is -2.28. The van der Waals surface area contributed by atoms with Crippen LogP contribution >= 0.6 is 0 Å². The Morgan fingerprint density at radius 2 is 1.96 bits per heavy atom. The maximum absolute atomic E-state index is 12.1.